The molecule has 0 atom stereocenters. The van der Waals surface area contributed by atoms with Crippen molar-refractivity contribution in [3.8, 4) is 16.9 Å². The van der Waals surface area contributed by atoms with Gasteiger partial charge < -0.3 is 10.1 Å². The summed E-state index contributed by atoms with van der Waals surface area (Å²) in [6, 6.07) is 18.0. The smallest absolute Gasteiger partial charge is 0.225 e. The molecule has 4 rings (SSSR count). The standard InChI is InChI=1S/C20H16ClN3OS/c1-12-16(13-6-4-3-5-7-13)17-18(23-20(21)24-19(17)26-12)22-14-8-10-15(25-2)11-9-14/h3-11H,1-2H3,(H,22,23,24). The average Bonchev–Trinajstić information content (AvgIpc) is 2.99. The van der Waals surface area contributed by atoms with E-state index in [1.807, 2.05) is 42.5 Å². The van der Waals surface area contributed by atoms with Gasteiger partial charge in [-0.2, -0.15) is 4.98 Å². The van der Waals surface area contributed by atoms with Crippen LogP contribution in [0.4, 0.5) is 11.5 Å². The van der Waals surface area contributed by atoms with Crippen LogP contribution in [0.5, 0.6) is 5.75 Å². The van der Waals surface area contributed by atoms with Gasteiger partial charge in [0.1, 0.15) is 16.4 Å². The van der Waals surface area contributed by atoms with E-state index >= 15 is 0 Å². The second-order valence-corrected chi connectivity index (χ2v) is 7.32. The van der Waals surface area contributed by atoms with E-state index in [0.29, 0.717) is 5.82 Å². The number of hydrogen-bond donors (Lipinski definition) is 1. The predicted molar refractivity (Wildman–Crippen MR) is 109 cm³/mol. The normalized spacial score (nSPS) is 10.9. The van der Waals surface area contributed by atoms with Crippen molar-refractivity contribution in [1.82, 2.24) is 9.97 Å². The van der Waals surface area contributed by atoms with Crippen molar-refractivity contribution < 1.29 is 4.74 Å². The number of aryl methyl sites for hydroxylation is 1. The summed E-state index contributed by atoms with van der Waals surface area (Å²) < 4.78 is 5.22. The molecule has 130 valence electrons. The predicted octanol–water partition coefficient (Wildman–Crippen LogP) is 6.07. The maximum absolute atomic E-state index is 6.17. The van der Waals surface area contributed by atoms with Gasteiger partial charge in [-0.15, -0.1) is 11.3 Å². The summed E-state index contributed by atoms with van der Waals surface area (Å²) in [5, 5.41) is 4.59. The van der Waals surface area contributed by atoms with E-state index < -0.39 is 0 Å². The number of nitrogens with one attached hydrogen (secondary N) is 1. The number of anilines is 2. The van der Waals surface area contributed by atoms with Gasteiger partial charge in [-0.3, -0.25) is 0 Å². The summed E-state index contributed by atoms with van der Waals surface area (Å²) in [7, 11) is 1.65. The highest BCUT2D eigenvalue weighted by atomic mass is 35.5. The van der Waals surface area contributed by atoms with Gasteiger partial charge in [0, 0.05) is 16.1 Å². The fraction of sp³-hybridized carbons (Fsp3) is 0.100. The van der Waals surface area contributed by atoms with Crippen LogP contribution in [-0.4, -0.2) is 17.1 Å². The van der Waals surface area contributed by atoms with E-state index in [4.69, 9.17) is 16.3 Å². The molecule has 26 heavy (non-hydrogen) atoms. The first-order chi connectivity index (χ1) is 12.7. The van der Waals surface area contributed by atoms with Gasteiger partial charge in [-0.05, 0) is 48.4 Å². The summed E-state index contributed by atoms with van der Waals surface area (Å²) in [6.07, 6.45) is 0. The minimum Gasteiger partial charge on any atom is -0.497 e. The van der Waals surface area contributed by atoms with Crippen LogP contribution in [0.1, 0.15) is 4.88 Å². The summed E-state index contributed by atoms with van der Waals surface area (Å²) in [6.45, 7) is 2.10. The molecule has 0 fully saturated rings. The molecule has 4 nitrogen and oxygen atoms in total. The number of methoxy groups -OCH3 is 1. The Morgan fingerprint density at radius 1 is 1.00 bits per heavy atom. The van der Waals surface area contributed by atoms with Gasteiger partial charge in [-0.1, -0.05) is 30.3 Å². The number of halogens is 1. The van der Waals surface area contributed by atoms with Gasteiger partial charge in [0.15, 0.2) is 0 Å². The molecule has 0 saturated carbocycles. The Labute approximate surface area is 160 Å². The number of rotatable bonds is 4. The first kappa shape index (κ1) is 16.8. The van der Waals surface area contributed by atoms with E-state index in [1.54, 1.807) is 18.4 Å². The number of benzene rings is 2. The monoisotopic (exact) mass is 381 g/mol. The minimum atomic E-state index is 0.231. The quantitative estimate of drug-likeness (QED) is 0.435. The molecule has 6 heteroatoms. The third-order valence-corrected chi connectivity index (χ3v) is 5.28. The number of thiophene rings is 1. The molecule has 2 aromatic heterocycles. The number of hydrogen-bond acceptors (Lipinski definition) is 5. The fourth-order valence-electron chi connectivity index (χ4n) is 2.94. The molecule has 0 aliphatic carbocycles. The summed E-state index contributed by atoms with van der Waals surface area (Å²) in [4.78, 5) is 10.9. The topological polar surface area (TPSA) is 47.0 Å². The lowest BCUT2D eigenvalue weighted by atomic mass is 10.0. The molecule has 1 N–H and O–H groups in total. The zero-order valence-electron chi connectivity index (χ0n) is 14.3. The van der Waals surface area contributed by atoms with Crippen LogP contribution in [0.25, 0.3) is 21.3 Å². The zero-order valence-corrected chi connectivity index (χ0v) is 15.9. The van der Waals surface area contributed by atoms with Gasteiger partial charge in [0.2, 0.25) is 5.28 Å². The van der Waals surface area contributed by atoms with Crippen LogP contribution < -0.4 is 10.1 Å². The first-order valence-electron chi connectivity index (χ1n) is 8.09. The van der Waals surface area contributed by atoms with Gasteiger partial charge in [-0.25, -0.2) is 4.98 Å². The summed E-state index contributed by atoms with van der Waals surface area (Å²) in [5.74, 6) is 1.51. The van der Waals surface area contributed by atoms with Crippen LogP contribution in [0, 0.1) is 6.92 Å². The Kier molecular flexibility index (Phi) is 4.49. The SMILES string of the molecule is COc1ccc(Nc2nc(Cl)nc3sc(C)c(-c4ccccc4)c23)cc1. The number of ether oxygens (including phenoxy) is 1. The molecule has 0 saturated heterocycles. The molecule has 0 spiro atoms. The molecule has 0 bridgehead atoms. The van der Waals surface area contributed by atoms with E-state index in [2.05, 4.69) is 34.3 Å². The van der Waals surface area contributed by atoms with Crippen LogP contribution in [0.15, 0.2) is 54.6 Å². The fourth-order valence-corrected chi connectivity index (χ4v) is 4.20. The maximum atomic E-state index is 6.17. The molecule has 4 aromatic rings. The summed E-state index contributed by atoms with van der Waals surface area (Å²) in [5.41, 5.74) is 3.18. The average molecular weight is 382 g/mol. The Hall–Kier alpha value is -2.63. The Bertz CT molecular complexity index is 1060. The molecule has 0 aliphatic heterocycles. The van der Waals surface area contributed by atoms with Crippen molar-refractivity contribution >= 4 is 44.7 Å². The van der Waals surface area contributed by atoms with Gasteiger partial charge >= 0.3 is 0 Å². The highest BCUT2D eigenvalue weighted by molar-refractivity contribution is 7.19. The Morgan fingerprint density at radius 3 is 2.42 bits per heavy atom. The molecule has 2 heterocycles. The number of fused-ring (bicyclic) bond motifs is 1. The van der Waals surface area contributed by atoms with Crippen molar-refractivity contribution in [1.29, 1.82) is 0 Å². The van der Waals surface area contributed by atoms with Crippen LogP contribution in [0.3, 0.4) is 0 Å². The van der Waals surface area contributed by atoms with E-state index in [0.717, 1.165) is 32.8 Å². The van der Waals surface area contributed by atoms with E-state index in [1.165, 1.54) is 4.88 Å². The molecule has 0 aliphatic rings. The molecular formula is C20H16ClN3OS. The maximum Gasteiger partial charge on any atom is 0.225 e. The summed E-state index contributed by atoms with van der Waals surface area (Å²) >= 11 is 7.79. The van der Waals surface area contributed by atoms with Crippen LogP contribution >= 0.6 is 22.9 Å². The highest BCUT2D eigenvalue weighted by Crippen LogP contribution is 2.41. The van der Waals surface area contributed by atoms with Crippen molar-refractivity contribution in [2.45, 2.75) is 6.92 Å². The van der Waals surface area contributed by atoms with E-state index in [9.17, 15) is 0 Å². The number of aromatic nitrogens is 2. The molecule has 0 unspecified atom stereocenters. The van der Waals surface area contributed by atoms with Gasteiger partial charge in [0.25, 0.3) is 0 Å². The minimum absolute atomic E-state index is 0.231. The lowest BCUT2D eigenvalue weighted by molar-refractivity contribution is 0.415. The zero-order chi connectivity index (χ0) is 18.1. The highest BCUT2D eigenvalue weighted by Gasteiger charge is 2.18. The van der Waals surface area contributed by atoms with Crippen LogP contribution in [-0.2, 0) is 0 Å². The van der Waals surface area contributed by atoms with Gasteiger partial charge in [0.05, 0.1) is 12.5 Å². The largest absolute Gasteiger partial charge is 0.497 e. The number of nitrogens with zero attached hydrogens (tertiary/aromatic N) is 2. The molecule has 2 aromatic carbocycles. The second-order valence-electron chi connectivity index (χ2n) is 5.77. The third-order valence-electron chi connectivity index (χ3n) is 4.12. The Morgan fingerprint density at radius 2 is 1.73 bits per heavy atom. The second kappa shape index (κ2) is 6.94. The molecule has 0 radical (unpaired) electrons. The van der Waals surface area contributed by atoms with Crippen molar-refractivity contribution in [2.75, 3.05) is 12.4 Å². The van der Waals surface area contributed by atoms with Crippen molar-refractivity contribution in [3.63, 3.8) is 0 Å². The van der Waals surface area contributed by atoms with E-state index in [-0.39, 0.29) is 5.28 Å². The van der Waals surface area contributed by atoms with Crippen LogP contribution in [0.2, 0.25) is 5.28 Å². The lowest BCUT2D eigenvalue weighted by Gasteiger charge is -2.10. The van der Waals surface area contributed by atoms with Crippen molar-refractivity contribution in [2.24, 2.45) is 0 Å². The third kappa shape index (κ3) is 3.11. The lowest BCUT2D eigenvalue weighted by Crippen LogP contribution is -1.97. The Balaban J connectivity index is 1.87. The first-order valence-corrected chi connectivity index (χ1v) is 9.28. The van der Waals surface area contributed by atoms with Crippen molar-refractivity contribution in [3.05, 3.63) is 64.8 Å². The molecular weight excluding hydrogens is 366 g/mol. The molecule has 0 amide bonds.